The lowest BCUT2D eigenvalue weighted by Gasteiger charge is -2.05. The van der Waals surface area contributed by atoms with E-state index in [1.54, 1.807) is 24.3 Å². The first-order chi connectivity index (χ1) is 12.1. The lowest BCUT2D eigenvalue weighted by atomic mass is 10.2. The van der Waals surface area contributed by atoms with E-state index < -0.39 is 5.97 Å². The molecule has 128 valence electrons. The van der Waals surface area contributed by atoms with Crippen LogP contribution in [0, 0.1) is 0 Å². The van der Waals surface area contributed by atoms with Crippen molar-refractivity contribution < 1.29 is 18.8 Å². The number of nitrogens with zero attached hydrogens (tertiary/aromatic N) is 2. The third-order valence-corrected chi connectivity index (χ3v) is 4.31. The Kier molecular flexibility index (Phi) is 5.56. The molecule has 0 fully saturated rings. The van der Waals surface area contributed by atoms with Gasteiger partial charge in [0.25, 0.3) is 11.8 Å². The number of rotatable bonds is 6. The van der Waals surface area contributed by atoms with E-state index >= 15 is 0 Å². The summed E-state index contributed by atoms with van der Waals surface area (Å²) in [5.41, 5.74) is 1.27. The summed E-state index contributed by atoms with van der Waals surface area (Å²) in [6.45, 7) is -0.370. The van der Waals surface area contributed by atoms with E-state index in [0.717, 1.165) is 10.0 Å². The molecular weight excluding hydrogens is 410 g/mol. The minimum Gasteiger partial charge on any atom is -0.456 e. The van der Waals surface area contributed by atoms with Crippen LogP contribution < -0.4 is 5.32 Å². The van der Waals surface area contributed by atoms with Crippen molar-refractivity contribution in [2.24, 2.45) is 0 Å². The molecule has 0 unspecified atom stereocenters. The zero-order valence-electron chi connectivity index (χ0n) is 12.8. The van der Waals surface area contributed by atoms with Crippen molar-refractivity contribution in [3.05, 3.63) is 57.0 Å². The quantitative estimate of drug-likeness (QED) is 0.614. The summed E-state index contributed by atoms with van der Waals surface area (Å²) in [6, 6.07) is 8.64. The van der Waals surface area contributed by atoms with E-state index in [2.05, 4.69) is 31.4 Å². The number of ether oxygens (including phenoxy) is 1. The number of halogens is 1. The van der Waals surface area contributed by atoms with Crippen LogP contribution in [0.2, 0.25) is 0 Å². The van der Waals surface area contributed by atoms with Crippen molar-refractivity contribution in [2.45, 2.75) is 6.61 Å². The Morgan fingerprint density at radius 3 is 2.76 bits per heavy atom. The highest BCUT2D eigenvalue weighted by Gasteiger charge is 2.12. The molecular formula is C16H12BrN3O4S. The second-order valence-electron chi connectivity index (χ2n) is 4.88. The lowest BCUT2D eigenvalue weighted by Crippen LogP contribution is -2.30. The van der Waals surface area contributed by atoms with Gasteiger partial charge in [-0.15, -0.1) is 0 Å². The number of hydrogen-bond acceptors (Lipinski definition) is 7. The predicted octanol–water partition coefficient (Wildman–Crippen LogP) is 3.03. The molecule has 3 rings (SSSR count). The fourth-order valence-electron chi connectivity index (χ4n) is 1.87. The maximum atomic E-state index is 11.9. The summed E-state index contributed by atoms with van der Waals surface area (Å²) < 4.78 is 11.0. The molecule has 9 heteroatoms. The zero-order valence-corrected chi connectivity index (χ0v) is 15.2. The molecule has 0 radical (unpaired) electrons. The Labute approximate surface area is 155 Å². The second-order valence-corrected chi connectivity index (χ2v) is 6.57. The molecule has 25 heavy (non-hydrogen) atoms. The van der Waals surface area contributed by atoms with E-state index in [4.69, 9.17) is 9.26 Å². The molecule has 2 heterocycles. The average Bonchev–Trinajstić information content (AvgIpc) is 3.29. The largest absolute Gasteiger partial charge is 0.456 e. The summed E-state index contributed by atoms with van der Waals surface area (Å²) >= 11 is 4.80. The zero-order chi connectivity index (χ0) is 17.6. The molecule has 0 aliphatic carbocycles. The van der Waals surface area contributed by atoms with E-state index in [0.29, 0.717) is 11.5 Å². The smallest absolute Gasteiger partial charge is 0.325 e. The van der Waals surface area contributed by atoms with Crippen LogP contribution in [0.4, 0.5) is 0 Å². The third-order valence-electron chi connectivity index (χ3n) is 3.10. The lowest BCUT2D eigenvalue weighted by molar-refractivity contribution is -0.143. The minimum absolute atomic E-state index is 0.124. The van der Waals surface area contributed by atoms with Gasteiger partial charge in [-0.05, 0) is 35.7 Å². The van der Waals surface area contributed by atoms with Crippen LogP contribution in [0.1, 0.15) is 16.2 Å². The maximum absolute atomic E-state index is 11.9. The van der Waals surface area contributed by atoms with Crippen molar-refractivity contribution in [1.82, 2.24) is 15.5 Å². The molecule has 0 aliphatic heterocycles. The van der Waals surface area contributed by atoms with Gasteiger partial charge in [0.1, 0.15) is 6.54 Å². The van der Waals surface area contributed by atoms with E-state index in [9.17, 15) is 9.59 Å². The van der Waals surface area contributed by atoms with E-state index in [-0.39, 0.29) is 24.9 Å². The molecule has 1 aromatic carbocycles. The summed E-state index contributed by atoms with van der Waals surface area (Å²) in [5, 5.41) is 10.0. The minimum atomic E-state index is -0.590. The highest BCUT2D eigenvalue weighted by Crippen LogP contribution is 2.19. The molecule has 1 N–H and O–H groups in total. The van der Waals surface area contributed by atoms with E-state index in [1.807, 2.05) is 16.8 Å². The van der Waals surface area contributed by atoms with Crippen LogP contribution in [-0.2, 0) is 16.1 Å². The van der Waals surface area contributed by atoms with Gasteiger partial charge >= 0.3 is 5.97 Å². The Hall–Kier alpha value is -2.52. The van der Waals surface area contributed by atoms with Gasteiger partial charge < -0.3 is 14.6 Å². The first-order valence-electron chi connectivity index (χ1n) is 7.16. The van der Waals surface area contributed by atoms with Crippen LogP contribution in [0.25, 0.3) is 11.5 Å². The third kappa shape index (κ3) is 4.74. The number of esters is 1. The number of aromatic nitrogens is 2. The van der Waals surface area contributed by atoms with Gasteiger partial charge in [0.05, 0.1) is 5.56 Å². The molecule has 0 saturated heterocycles. The molecule has 0 aliphatic rings. The maximum Gasteiger partial charge on any atom is 0.325 e. The Morgan fingerprint density at radius 2 is 2.04 bits per heavy atom. The molecule has 0 spiro atoms. The summed E-state index contributed by atoms with van der Waals surface area (Å²) in [4.78, 5) is 27.7. The highest BCUT2D eigenvalue weighted by molar-refractivity contribution is 9.10. The number of nitrogens with one attached hydrogen (secondary N) is 1. The van der Waals surface area contributed by atoms with Crippen molar-refractivity contribution in [3.63, 3.8) is 0 Å². The monoisotopic (exact) mass is 421 g/mol. The molecule has 7 nitrogen and oxygen atoms in total. The standard InChI is InChI=1S/C16H12BrN3O4S/c17-12-3-1-10(2-4-12)15(22)18-7-14(21)23-8-13-19-16(24-20-13)11-5-6-25-9-11/h1-6,9H,7-8H2,(H,18,22). The van der Waals surface area contributed by atoms with E-state index in [1.165, 1.54) is 11.3 Å². The highest BCUT2D eigenvalue weighted by atomic mass is 79.9. The van der Waals surface area contributed by atoms with Gasteiger partial charge in [-0.25, -0.2) is 0 Å². The van der Waals surface area contributed by atoms with Crippen molar-refractivity contribution >= 4 is 39.1 Å². The second kappa shape index (κ2) is 8.04. The van der Waals surface area contributed by atoms with Gasteiger partial charge in [-0.2, -0.15) is 16.3 Å². The number of hydrogen-bond donors (Lipinski definition) is 1. The molecule has 0 saturated carbocycles. The van der Waals surface area contributed by atoms with Crippen LogP contribution in [0.15, 0.2) is 50.1 Å². The SMILES string of the molecule is O=C(CNC(=O)c1ccc(Br)cc1)OCc1noc(-c2ccsc2)n1. The first kappa shape index (κ1) is 17.3. The van der Waals surface area contributed by atoms with Crippen molar-refractivity contribution in [2.75, 3.05) is 6.54 Å². The molecule has 1 amide bonds. The molecule has 0 atom stereocenters. The molecule has 2 aromatic heterocycles. The summed E-state index contributed by atoms with van der Waals surface area (Å²) in [5.74, 6) is -0.319. The number of benzene rings is 1. The van der Waals surface area contributed by atoms with Crippen LogP contribution >= 0.6 is 27.3 Å². The predicted molar refractivity (Wildman–Crippen MR) is 93.9 cm³/mol. The van der Waals surface area contributed by atoms with Gasteiger partial charge in [0.2, 0.25) is 5.82 Å². The first-order valence-corrected chi connectivity index (χ1v) is 8.90. The number of thiophene rings is 1. The number of carbonyl (C=O) groups excluding carboxylic acids is 2. The van der Waals surface area contributed by atoms with Crippen molar-refractivity contribution in [3.8, 4) is 11.5 Å². The van der Waals surface area contributed by atoms with Crippen LogP contribution in [0.3, 0.4) is 0 Å². The molecule has 0 bridgehead atoms. The summed E-state index contributed by atoms with van der Waals surface area (Å²) in [6.07, 6.45) is 0. The van der Waals surface area contributed by atoms with Crippen LogP contribution in [-0.4, -0.2) is 28.6 Å². The fraction of sp³-hybridized carbons (Fsp3) is 0.125. The van der Waals surface area contributed by atoms with Gasteiger partial charge in [0, 0.05) is 15.4 Å². The normalized spacial score (nSPS) is 10.4. The topological polar surface area (TPSA) is 94.3 Å². The average molecular weight is 422 g/mol. The van der Waals surface area contributed by atoms with Gasteiger partial charge in [-0.3, -0.25) is 9.59 Å². The molecule has 3 aromatic rings. The Bertz CT molecular complexity index is 862. The van der Waals surface area contributed by atoms with Gasteiger partial charge in [-0.1, -0.05) is 21.1 Å². The summed E-state index contributed by atoms with van der Waals surface area (Å²) in [7, 11) is 0. The van der Waals surface area contributed by atoms with Gasteiger partial charge in [0.15, 0.2) is 6.61 Å². The number of carbonyl (C=O) groups is 2. The number of amides is 1. The Balaban J connectivity index is 1.45. The Morgan fingerprint density at radius 1 is 1.24 bits per heavy atom. The van der Waals surface area contributed by atoms with Crippen LogP contribution in [0.5, 0.6) is 0 Å². The van der Waals surface area contributed by atoms with Crippen molar-refractivity contribution in [1.29, 1.82) is 0 Å². The fourth-order valence-corrected chi connectivity index (χ4v) is 2.76.